The van der Waals surface area contributed by atoms with Gasteiger partial charge in [0.1, 0.15) is 5.82 Å². The Hall–Kier alpha value is -0.640. The molecule has 1 aromatic rings. The molecule has 0 saturated heterocycles. The third-order valence-corrected chi connectivity index (χ3v) is 3.59. The van der Waals surface area contributed by atoms with E-state index in [4.69, 9.17) is 17.4 Å². The van der Waals surface area contributed by atoms with Gasteiger partial charge in [-0.15, -0.1) is 0 Å². The first-order chi connectivity index (χ1) is 8.12. The van der Waals surface area contributed by atoms with Crippen LogP contribution in [0.4, 0.5) is 4.39 Å². The Bertz CT molecular complexity index is 353. The maximum atomic E-state index is 13.0. The number of hydrogen-bond donors (Lipinski definition) is 2. The van der Waals surface area contributed by atoms with Crippen LogP contribution in [0.3, 0.4) is 0 Å². The monoisotopic (exact) mass is 258 g/mol. The Morgan fingerprint density at radius 3 is 2.47 bits per heavy atom. The molecule has 2 nitrogen and oxygen atoms in total. The molecule has 0 aliphatic rings. The molecule has 3 N–H and O–H groups in total. The highest BCUT2D eigenvalue weighted by atomic mass is 35.5. The highest BCUT2D eigenvalue weighted by Crippen LogP contribution is 2.29. The van der Waals surface area contributed by atoms with Crippen LogP contribution in [0, 0.1) is 11.7 Å². The molecule has 0 saturated carbocycles. The van der Waals surface area contributed by atoms with Crippen LogP contribution in [0.25, 0.3) is 0 Å². The average molecular weight is 259 g/mol. The van der Waals surface area contributed by atoms with Gasteiger partial charge in [0.25, 0.3) is 0 Å². The molecule has 0 aromatic heterocycles. The lowest BCUT2D eigenvalue weighted by atomic mass is 9.91. The summed E-state index contributed by atoms with van der Waals surface area (Å²) in [5.41, 5.74) is 3.63. The molecule has 0 radical (unpaired) electrons. The number of halogens is 2. The highest BCUT2D eigenvalue weighted by molar-refractivity contribution is 6.31. The first kappa shape index (κ1) is 14.4. The van der Waals surface area contributed by atoms with Crippen molar-refractivity contribution in [3.05, 3.63) is 34.6 Å². The van der Waals surface area contributed by atoms with Crippen LogP contribution in [0.5, 0.6) is 0 Å². The normalized spacial score (nSPS) is 13.1. The van der Waals surface area contributed by atoms with E-state index in [2.05, 4.69) is 19.3 Å². The van der Waals surface area contributed by atoms with Crippen molar-refractivity contribution in [1.82, 2.24) is 5.43 Å². The summed E-state index contributed by atoms with van der Waals surface area (Å²) in [6, 6.07) is 4.42. The molecular weight excluding hydrogens is 239 g/mol. The highest BCUT2D eigenvalue weighted by Gasteiger charge is 2.17. The van der Waals surface area contributed by atoms with E-state index in [-0.39, 0.29) is 11.9 Å². The Balaban J connectivity index is 2.85. The lowest BCUT2D eigenvalue weighted by Gasteiger charge is -2.22. The van der Waals surface area contributed by atoms with Gasteiger partial charge in [0.05, 0.1) is 0 Å². The maximum Gasteiger partial charge on any atom is 0.124 e. The number of hydrogen-bond acceptors (Lipinski definition) is 2. The van der Waals surface area contributed by atoms with Crippen LogP contribution in [0.1, 0.15) is 44.7 Å². The molecule has 1 rings (SSSR count). The molecule has 1 unspecified atom stereocenters. The largest absolute Gasteiger partial charge is 0.271 e. The van der Waals surface area contributed by atoms with Crippen molar-refractivity contribution >= 4 is 11.6 Å². The molecule has 0 aliphatic heterocycles. The summed E-state index contributed by atoms with van der Waals surface area (Å²) in [6.45, 7) is 4.32. The van der Waals surface area contributed by atoms with Gasteiger partial charge < -0.3 is 0 Å². The molecule has 0 amide bonds. The van der Waals surface area contributed by atoms with Crippen molar-refractivity contribution in [2.45, 2.75) is 39.2 Å². The van der Waals surface area contributed by atoms with Gasteiger partial charge in [-0.1, -0.05) is 44.4 Å². The second kappa shape index (κ2) is 6.94. The number of benzene rings is 1. The first-order valence-electron chi connectivity index (χ1n) is 6.03. The zero-order valence-electron chi connectivity index (χ0n) is 10.3. The minimum atomic E-state index is -0.322. The van der Waals surface area contributed by atoms with Crippen molar-refractivity contribution in [3.8, 4) is 0 Å². The number of hydrazine groups is 1. The maximum absolute atomic E-state index is 13.0. The standard InChI is InChI=1S/C13H20ClFN2/c1-3-9(4-2)7-13(17-16)11-6-5-10(15)8-12(11)14/h5-6,8-9,13,17H,3-4,7,16H2,1-2H3. The summed E-state index contributed by atoms with van der Waals surface area (Å²) in [6.07, 6.45) is 3.12. The minimum Gasteiger partial charge on any atom is -0.271 e. The van der Waals surface area contributed by atoms with Crippen LogP contribution in [0.15, 0.2) is 18.2 Å². The molecule has 96 valence electrons. The van der Waals surface area contributed by atoms with E-state index in [1.165, 1.54) is 12.1 Å². The second-order valence-corrected chi connectivity index (χ2v) is 4.71. The number of nitrogens with two attached hydrogens (primary N) is 1. The van der Waals surface area contributed by atoms with Gasteiger partial charge in [-0.2, -0.15) is 0 Å². The van der Waals surface area contributed by atoms with Crippen LogP contribution in [0.2, 0.25) is 5.02 Å². The van der Waals surface area contributed by atoms with Gasteiger partial charge in [-0.25, -0.2) is 4.39 Å². The first-order valence-corrected chi connectivity index (χ1v) is 6.41. The topological polar surface area (TPSA) is 38.0 Å². The van der Waals surface area contributed by atoms with Crippen LogP contribution in [-0.4, -0.2) is 0 Å². The van der Waals surface area contributed by atoms with E-state index in [0.29, 0.717) is 10.9 Å². The molecule has 1 aromatic carbocycles. The molecule has 1 atom stereocenters. The summed E-state index contributed by atoms with van der Waals surface area (Å²) < 4.78 is 13.0. The van der Waals surface area contributed by atoms with Gasteiger partial charge in [0, 0.05) is 11.1 Å². The number of rotatable bonds is 6. The van der Waals surface area contributed by atoms with Crippen molar-refractivity contribution < 1.29 is 4.39 Å². The minimum absolute atomic E-state index is 0.0204. The molecule has 4 heteroatoms. The van der Waals surface area contributed by atoms with Gasteiger partial charge in [0.2, 0.25) is 0 Å². The van der Waals surface area contributed by atoms with Crippen molar-refractivity contribution in [1.29, 1.82) is 0 Å². The van der Waals surface area contributed by atoms with Crippen molar-refractivity contribution in [2.75, 3.05) is 0 Å². The van der Waals surface area contributed by atoms with Crippen molar-refractivity contribution in [2.24, 2.45) is 11.8 Å². The van der Waals surface area contributed by atoms with Gasteiger partial charge in [-0.05, 0) is 30.0 Å². The van der Waals surface area contributed by atoms with Crippen LogP contribution < -0.4 is 11.3 Å². The van der Waals surface area contributed by atoms with E-state index in [9.17, 15) is 4.39 Å². The van der Waals surface area contributed by atoms with Crippen LogP contribution in [-0.2, 0) is 0 Å². The van der Waals surface area contributed by atoms with E-state index in [1.807, 2.05) is 0 Å². The quantitative estimate of drug-likeness (QED) is 0.602. The second-order valence-electron chi connectivity index (χ2n) is 4.30. The Morgan fingerprint density at radius 1 is 1.35 bits per heavy atom. The van der Waals surface area contributed by atoms with Gasteiger partial charge >= 0.3 is 0 Å². The fraction of sp³-hybridized carbons (Fsp3) is 0.538. The zero-order valence-corrected chi connectivity index (χ0v) is 11.1. The van der Waals surface area contributed by atoms with E-state index in [0.717, 1.165) is 24.8 Å². The lowest BCUT2D eigenvalue weighted by Crippen LogP contribution is -2.29. The average Bonchev–Trinajstić information content (AvgIpc) is 2.32. The zero-order chi connectivity index (χ0) is 12.8. The van der Waals surface area contributed by atoms with Crippen LogP contribution >= 0.6 is 11.6 Å². The predicted molar refractivity (Wildman–Crippen MR) is 70.2 cm³/mol. The van der Waals surface area contributed by atoms with E-state index >= 15 is 0 Å². The Morgan fingerprint density at radius 2 is 2.00 bits per heavy atom. The Labute approximate surface area is 107 Å². The van der Waals surface area contributed by atoms with Crippen molar-refractivity contribution in [3.63, 3.8) is 0 Å². The fourth-order valence-electron chi connectivity index (χ4n) is 2.02. The Kier molecular flexibility index (Phi) is 5.89. The van der Waals surface area contributed by atoms with E-state index < -0.39 is 0 Å². The molecule has 0 spiro atoms. The molecule has 0 bridgehead atoms. The molecular formula is C13H20ClFN2. The summed E-state index contributed by atoms with van der Waals surface area (Å²) in [4.78, 5) is 0. The SMILES string of the molecule is CCC(CC)CC(NN)c1ccc(F)cc1Cl. The fourth-order valence-corrected chi connectivity index (χ4v) is 2.32. The molecule has 0 heterocycles. The van der Waals surface area contributed by atoms with E-state index in [1.54, 1.807) is 6.07 Å². The summed E-state index contributed by atoms with van der Waals surface area (Å²) in [7, 11) is 0. The number of nitrogens with one attached hydrogen (secondary N) is 1. The smallest absolute Gasteiger partial charge is 0.124 e. The summed E-state index contributed by atoms with van der Waals surface area (Å²) in [5.74, 6) is 5.84. The third-order valence-electron chi connectivity index (χ3n) is 3.26. The lowest BCUT2D eigenvalue weighted by molar-refractivity contribution is 0.375. The third kappa shape index (κ3) is 3.95. The molecule has 17 heavy (non-hydrogen) atoms. The predicted octanol–water partition coefficient (Wildman–Crippen LogP) is 3.81. The summed E-state index contributed by atoms with van der Waals surface area (Å²) in [5, 5.41) is 0.430. The molecule has 0 fully saturated rings. The molecule has 0 aliphatic carbocycles. The van der Waals surface area contributed by atoms with Gasteiger partial charge in [0.15, 0.2) is 0 Å². The summed E-state index contributed by atoms with van der Waals surface area (Å²) >= 11 is 6.04. The van der Waals surface area contributed by atoms with Gasteiger partial charge in [-0.3, -0.25) is 11.3 Å².